The highest BCUT2D eigenvalue weighted by atomic mass is 16.5. The van der Waals surface area contributed by atoms with Crippen molar-refractivity contribution in [2.24, 2.45) is 11.7 Å². The van der Waals surface area contributed by atoms with Crippen LogP contribution in [0.25, 0.3) is 0 Å². The van der Waals surface area contributed by atoms with Crippen molar-refractivity contribution in [3.05, 3.63) is 11.7 Å². The van der Waals surface area contributed by atoms with Gasteiger partial charge < -0.3 is 19.9 Å². The Kier molecular flexibility index (Phi) is 6.77. The Morgan fingerprint density at radius 3 is 2.62 bits per heavy atom. The lowest BCUT2D eigenvalue weighted by molar-refractivity contribution is -0.131. The summed E-state index contributed by atoms with van der Waals surface area (Å²) in [5.74, 6) is 1.29. The molecule has 0 saturated heterocycles. The summed E-state index contributed by atoms with van der Waals surface area (Å²) in [6.45, 7) is 8.74. The monoisotopic (exact) mass is 298 g/mol. The van der Waals surface area contributed by atoms with Crippen LogP contribution < -0.4 is 5.73 Å². The second kappa shape index (κ2) is 8.09. The van der Waals surface area contributed by atoms with Gasteiger partial charge in [0.2, 0.25) is 11.8 Å². The lowest BCUT2D eigenvalue weighted by Gasteiger charge is -2.15. The number of aromatic nitrogens is 2. The summed E-state index contributed by atoms with van der Waals surface area (Å²) in [7, 11) is 1.69. The number of ether oxygens (including phenoxy) is 1. The molecule has 7 heteroatoms. The van der Waals surface area contributed by atoms with E-state index in [1.165, 1.54) is 4.90 Å². The van der Waals surface area contributed by atoms with E-state index in [1.54, 1.807) is 14.0 Å². The molecule has 2 atom stereocenters. The van der Waals surface area contributed by atoms with E-state index in [4.69, 9.17) is 15.0 Å². The van der Waals surface area contributed by atoms with E-state index in [0.717, 1.165) is 0 Å². The summed E-state index contributed by atoms with van der Waals surface area (Å²) in [5, 5.41) is 3.89. The molecule has 120 valence electrons. The van der Waals surface area contributed by atoms with Crippen molar-refractivity contribution >= 4 is 5.91 Å². The van der Waals surface area contributed by atoms with Crippen LogP contribution in [0.3, 0.4) is 0 Å². The van der Waals surface area contributed by atoms with Gasteiger partial charge in [0.1, 0.15) is 6.10 Å². The van der Waals surface area contributed by atoms with Crippen LogP contribution in [0.4, 0.5) is 0 Å². The first-order valence-electron chi connectivity index (χ1n) is 7.23. The quantitative estimate of drug-likeness (QED) is 0.781. The van der Waals surface area contributed by atoms with Crippen molar-refractivity contribution in [1.29, 1.82) is 0 Å². The van der Waals surface area contributed by atoms with E-state index in [9.17, 15) is 4.79 Å². The molecule has 0 aliphatic rings. The predicted molar refractivity (Wildman–Crippen MR) is 78.2 cm³/mol. The Balaban J connectivity index is 2.53. The summed E-state index contributed by atoms with van der Waals surface area (Å²) < 4.78 is 10.8. The molecule has 0 aliphatic heterocycles. The molecule has 1 aromatic heterocycles. The third-order valence-corrected chi connectivity index (χ3v) is 2.82. The minimum absolute atomic E-state index is 0.0474. The molecule has 1 aromatic rings. The standard InChI is InChI=1S/C14H26N4O3/c1-9(2)8-20-11(4)14-16-12(21-17-14)7-18(5)13(19)6-10(3)15/h9-11H,6-8,15H2,1-5H3. The van der Waals surface area contributed by atoms with E-state index in [0.29, 0.717) is 30.7 Å². The number of carbonyl (C=O) groups is 1. The van der Waals surface area contributed by atoms with Crippen molar-refractivity contribution in [1.82, 2.24) is 15.0 Å². The van der Waals surface area contributed by atoms with Crippen LogP contribution in [0.1, 0.15) is 51.9 Å². The van der Waals surface area contributed by atoms with Crippen molar-refractivity contribution in [2.45, 2.75) is 52.8 Å². The van der Waals surface area contributed by atoms with Gasteiger partial charge in [-0.2, -0.15) is 4.98 Å². The number of nitrogens with zero attached hydrogens (tertiary/aromatic N) is 3. The molecule has 7 nitrogen and oxygen atoms in total. The Hall–Kier alpha value is -1.47. The molecule has 1 heterocycles. The highest BCUT2D eigenvalue weighted by Gasteiger charge is 2.18. The first-order valence-corrected chi connectivity index (χ1v) is 7.23. The molecule has 0 aromatic carbocycles. The van der Waals surface area contributed by atoms with Crippen molar-refractivity contribution < 1.29 is 14.1 Å². The largest absolute Gasteiger partial charge is 0.370 e. The molecule has 0 radical (unpaired) electrons. The van der Waals surface area contributed by atoms with Gasteiger partial charge in [-0.3, -0.25) is 4.79 Å². The Bertz CT molecular complexity index is 445. The van der Waals surface area contributed by atoms with E-state index in [1.807, 2.05) is 6.92 Å². The van der Waals surface area contributed by atoms with Crippen molar-refractivity contribution in [2.75, 3.05) is 13.7 Å². The van der Waals surface area contributed by atoms with Gasteiger partial charge in [-0.1, -0.05) is 19.0 Å². The molecule has 1 rings (SSSR count). The highest BCUT2D eigenvalue weighted by molar-refractivity contribution is 5.76. The highest BCUT2D eigenvalue weighted by Crippen LogP contribution is 2.15. The van der Waals surface area contributed by atoms with Gasteiger partial charge in [-0.05, 0) is 19.8 Å². The number of carbonyl (C=O) groups excluding carboxylic acids is 1. The van der Waals surface area contributed by atoms with Crippen LogP contribution in [-0.2, 0) is 16.1 Å². The maximum Gasteiger partial charge on any atom is 0.246 e. The molecular formula is C14H26N4O3. The van der Waals surface area contributed by atoms with E-state index < -0.39 is 0 Å². The zero-order chi connectivity index (χ0) is 16.0. The fourth-order valence-electron chi connectivity index (χ4n) is 1.63. The first-order chi connectivity index (χ1) is 9.79. The fourth-order valence-corrected chi connectivity index (χ4v) is 1.63. The van der Waals surface area contributed by atoms with Crippen LogP contribution in [0, 0.1) is 5.92 Å². The molecule has 0 spiro atoms. The number of hydrogen-bond acceptors (Lipinski definition) is 6. The van der Waals surface area contributed by atoms with Gasteiger partial charge in [-0.15, -0.1) is 0 Å². The van der Waals surface area contributed by atoms with Crippen LogP contribution in [0.2, 0.25) is 0 Å². The number of amides is 1. The smallest absolute Gasteiger partial charge is 0.246 e. The van der Waals surface area contributed by atoms with Gasteiger partial charge in [0, 0.05) is 26.1 Å². The third-order valence-electron chi connectivity index (χ3n) is 2.82. The summed E-state index contributed by atoms with van der Waals surface area (Å²) in [4.78, 5) is 17.6. The van der Waals surface area contributed by atoms with E-state index >= 15 is 0 Å². The topological polar surface area (TPSA) is 94.5 Å². The normalized spacial score (nSPS) is 14.2. The molecular weight excluding hydrogens is 272 g/mol. The summed E-state index contributed by atoms with van der Waals surface area (Å²) in [5.41, 5.74) is 5.61. The molecule has 0 saturated carbocycles. The van der Waals surface area contributed by atoms with Gasteiger partial charge in [0.15, 0.2) is 5.82 Å². The fraction of sp³-hybridized carbons (Fsp3) is 0.786. The molecule has 2 unspecified atom stereocenters. The zero-order valence-electron chi connectivity index (χ0n) is 13.5. The average molecular weight is 298 g/mol. The van der Waals surface area contributed by atoms with Gasteiger partial charge >= 0.3 is 0 Å². The second-order valence-corrected chi connectivity index (χ2v) is 5.85. The minimum Gasteiger partial charge on any atom is -0.370 e. The number of rotatable bonds is 8. The molecule has 0 fully saturated rings. The third kappa shape index (κ3) is 6.22. The number of hydrogen-bond donors (Lipinski definition) is 1. The molecule has 2 N–H and O–H groups in total. The summed E-state index contributed by atoms with van der Waals surface area (Å²) in [6, 6.07) is -0.164. The second-order valence-electron chi connectivity index (χ2n) is 5.85. The van der Waals surface area contributed by atoms with Crippen LogP contribution in [0.15, 0.2) is 4.52 Å². The van der Waals surface area contributed by atoms with E-state index in [2.05, 4.69) is 24.0 Å². The zero-order valence-corrected chi connectivity index (χ0v) is 13.5. The molecule has 21 heavy (non-hydrogen) atoms. The van der Waals surface area contributed by atoms with Gasteiger partial charge in [0.25, 0.3) is 0 Å². The lowest BCUT2D eigenvalue weighted by atomic mass is 10.2. The summed E-state index contributed by atoms with van der Waals surface area (Å²) in [6.07, 6.45) is 0.0701. The van der Waals surface area contributed by atoms with Crippen molar-refractivity contribution in [3.63, 3.8) is 0 Å². The van der Waals surface area contributed by atoms with Crippen molar-refractivity contribution in [3.8, 4) is 0 Å². The Labute approximate surface area is 125 Å². The van der Waals surface area contributed by atoms with Crippen LogP contribution in [0.5, 0.6) is 0 Å². The maximum atomic E-state index is 11.8. The Morgan fingerprint density at radius 1 is 1.38 bits per heavy atom. The first kappa shape index (κ1) is 17.6. The van der Waals surface area contributed by atoms with E-state index in [-0.39, 0.29) is 24.6 Å². The van der Waals surface area contributed by atoms with Crippen LogP contribution >= 0.6 is 0 Å². The predicted octanol–water partition coefficient (Wildman–Crippen LogP) is 1.50. The SMILES string of the molecule is CC(C)COC(C)c1noc(CN(C)C(=O)CC(C)N)n1. The Morgan fingerprint density at radius 2 is 2.05 bits per heavy atom. The summed E-state index contributed by atoms with van der Waals surface area (Å²) >= 11 is 0. The molecule has 0 aliphatic carbocycles. The molecule has 0 bridgehead atoms. The number of nitrogens with two attached hydrogens (primary N) is 1. The maximum absolute atomic E-state index is 11.8. The van der Waals surface area contributed by atoms with Gasteiger partial charge in [0.05, 0.1) is 6.54 Å². The lowest BCUT2D eigenvalue weighted by Crippen LogP contribution is -2.31. The molecule has 1 amide bonds. The average Bonchev–Trinajstić information content (AvgIpc) is 2.83. The van der Waals surface area contributed by atoms with Crippen LogP contribution in [-0.4, -0.2) is 40.6 Å². The minimum atomic E-state index is -0.227. The van der Waals surface area contributed by atoms with Gasteiger partial charge in [-0.25, -0.2) is 0 Å².